The van der Waals surface area contributed by atoms with Crippen LogP contribution in [0.3, 0.4) is 0 Å². The molecule has 0 heterocycles. The summed E-state index contributed by atoms with van der Waals surface area (Å²) in [7, 11) is 0. The lowest BCUT2D eigenvalue weighted by molar-refractivity contribution is -0.138. The van der Waals surface area contributed by atoms with Crippen LogP contribution >= 0.6 is 0 Å². The Morgan fingerprint density at radius 3 is 2.35 bits per heavy atom. The second-order valence-electron chi connectivity index (χ2n) is 3.24. The predicted molar refractivity (Wildman–Crippen MR) is 62.3 cm³/mol. The maximum Gasteiger partial charge on any atom is 0.348 e. The first-order valence-corrected chi connectivity index (χ1v) is 5.64. The van der Waals surface area contributed by atoms with Crippen molar-refractivity contribution in [3.05, 3.63) is 12.2 Å². The average molecular weight is 241 g/mol. The van der Waals surface area contributed by atoms with Gasteiger partial charge < -0.3 is 14.2 Å². The number of hydrogen-bond donors (Lipinski definition) is 0. The maximum atomic E-state index is 11.0. The van der Waals surface area contributed by atoms with E-state index >= 15 is 0 Å². The van der Waals surface area contributed by atoms with Crippen molar-refractivity contribution in [1.29, 1.82) is 5.26 Å². The van der Waals surface area contributed by atoms with E-state index in [0.29, 0.717) is 26.2 Å². The van der Waals surface area contributed by atoms with Gasteiger partial charge in [-0.05, 0) is 13.3 Å². The Labute approximate surface area is 102 Å². The first-order chi connectivity index (χ1) is 8.22. The van der Waals surface area contributed by atoms with Gasteiger partial charge in [0.05, 0.1) is 6.61 Å². The molecule has 0 aromatic rings. The van der Waals surface area contributed by atoms with Gasteiger partial charge in [-0.3, -0.25) is 0 Å². The zero-order valence-electron chi connectivity index (χ0n) is 10.2. The third kappa shape index (κ3) is 9.54. The van der Waals surface area contributed by atoms with E-state index in [1.807, 2.05) is 6.92 Å². The van der Waals surface area contributed by atoms with Crippen LogP contribution in [-0.4, -0.2) is 39.0 Å². The van der Waals surface area contributed by atoms with Crippen LogP contribution in [0.4, 0.5) is 0 Å². The molecule has 0 aromatic carbocycles. The topological polar surface area (TPSA) is 68.6 Å². The molecule has 0 N–H and O–H groups in total. The summed E-state index contributed by atoms with van der Waals surface area (Å²) in [5.74, 6) is -0.663. The van der Waals surface area contributed by atoms with Gasteiger partial charge in [0, 0.05) is 32.8 Å². The molecule has 0 amide bonds. The normalized spacial score (nSPS) is 9.65. The quantitative estimate of drug-likeness (QED) is 0.250. The SMILES string of the molecule is C=C(C#N)C(=O)OCCCOCCCOCC. The average Bonchev–Trinajstić information content (AvgIpc) is 2.35. The standard InChI is InChI=1S/C12H19NO4/c1-3-15-6-4-7-16-8-5-9-17-12(14)11(2)10-13/h2-9H2,1H3. The molecule has 0 radical (unpaired) electrons. The van der Waals surface area contributed by atoms with E-state index in [1.54, 1.807) is 6.07 Å². The minimum atomic E-state index is -0.663. The molecule has 0 unspecified atom stereocenters. The third-order valence-electron chi connectivity index (χ3n) is 1.83. The van der Waals surface area contributed by atoms with Crippen molar-refractivity contribution >= 4 is 5.97 Å². The van der Waals surface area contributed by atoms with Crippen molar-refractivity contribution in [2.24, 2.45) is 0 Å². The second kappa shape index (κ2) is 11.1. The van der Waals surface area contributed by atoms with Crippen LogP contribution in [0.15, 0.2) is 12.2 Å². The van der Waals surface area contributed by atoms with Crippen molar-refractivity contribution in [2.75, 3.05) is 33.0 Å². The number of carbonyl (C=O) groups excluding carboxylic acids is 1. The van der Waals surface area contributed by atoms with Gasteiger partial charge >= 0.3 is 5.97 Å². The van der Waals surface area contributed by atoms with E-state index in [9.17, 15) is 4.79 Å². The van der Waals surface area contributed by atoms with E-state index in [1.165, 1.54) is 0 Å². The Kier molecular flexibility index (Phi) is 10.2. The van der Waals surface area contributed by atoms with Gasteiger partial charge in [-0.25, -0.2) is 4.79 Å². The molecule has 0 saturated carbocycles. The van der Waals surface area contributed by atoms with Crippen molar-refractivity contribution in [3.8, 4) is 6.07 Å². The zero-order valence-corrected chi connectivity index (χ0v) is 10.2. The summed E-state index contributed by atoms with van der Waals surface area (Å²) in [6.45, 7) is 8.03. The second-order valence-corrected chi connectivity index (χ2v) is 3.24. The summed E-state index contributed by atoms with van der Waals surface area (Å²) in [6.07, 6.45) is 1.47. The highest BCUT2D eigenvalue weighted by molar-refractivity contribution is 5.91. The van der Waals surface area contributed by atoms with Gasteiger partial charge in [0.25, 0.3) is 0 Å². The molecule has 0 aliphatic rings. The Bertz CT molecular complexity index is 270. The highest BCUT2D eigenvalue weighted by atomic mass is 16.5. The smallest absolute Gasteiger partial charge is 0.348 e. The predicted octanol–water partition coefficient (Wildman–Crippen LogP) is 1.44. The molecule has 0 saturated heterocycles. The van der Waals surface area contributed by atoms with Gasteiger partial charge in [-0.2, -0.15) is 5.26 Å². The summed E-state index contributed by atoms with van der Waals surface area (Å²) in [5.41, 5.74) is -0.178. The number of nitrogens with zero attached hydrogens (tertiary/aromatic N) is 1. The molecule has 17 heavy (non-hydrogen) atoms. The van der Waals surface area contributed by atoms with Crippen molar-refractivity contribution < 1.29 is 19.0 Å². The zero-order chi connectivity index (χ0) is 12.9. The van der Waals surface area contributed by atoms with Gasteiger partial charge in [-0.1, -0.05) is 6.58 Å². The minimum Gasteiger partial charge on any atom is -0.461 e. The summed E-state index contributed by atoms with van der Waals surface area (Å²) in [5, 5.41) is 8.36. The highest BCUT2D eigenvalue weighted by Crippen LogP contribution is 1.94. The van der Waals surface area contributed by atoms with Crippen LogP contribution in [0, 0.1) is 11.3 Å². The Hall–Kier alpha value is -1.38. The molecule has 5 heteroatoms. The van der Waals surface area contributed by atoms with Gasteiger partial charge in [-0.15, -0.1) is 0 Å². The van der Waals surface area contributed by atoms with E-state index in [0.717, 1.165) is 13.0 Å². The first-order valence-electron chi connectivity index (χ1n) is 5.64. The summed E-state index contributed by atoms with van der Waals surface area (Å²) < 4.78 is 15.2. The summed E-state index contributed by atoms with van der Waals surface area (Å²) >= 11 is 0. The van der Waals surface area contributed by atoms with Gasteiger partial charge in [0.15, 0.2) is 0 Å². The Balaban J connectivity index is 3.22. The van der Waals surface area contributed by atoms with E-state index < -0.39 is 5.97 Å². The van der Waals surface area contributed by atoms with Crippen LogP contribution in [-0.2, 0) is 19.0 Å². The summed E-state index contributed by atoms with van der Waals surface area (Å²) in [4.78, 5) is 11.0. The monoisotopic (exact) mass is 241 g/mol. The van der Waals surface area contributed by atoms with E-state index in [2.05, 4.69) is 6.58 Å². The number of nitriles is 1. The molecular weight excluding hydrogens is 222 g/mol. The highest BCUT2D eigenvalue weighted by Gasteiger charge is 2.06. The lowest BCUT2D eigenvalue weighted by atomic mass is 10.3. The third-order valence-corrected chi connectivity index (χ3v) is 1.83. The molecule has 0 aliphatic carbocycles. The molecule has 0 rings (SSSR count). The van der Waals surface area contributed by atoms with Crippen LogP contribution in [0.2, 0.25) is 0 Å². The van der Waals surface area contributed by atoms with Gasteiger partial charge in [0.2, 0.25) is 0 Å². The fourth-order valence-corrected chi connectivity index (χ4v) is 0.968. The number of carbonyl (C=O) groups is 1. The fraction of sp³-hybridized carbons (Fsp3) is 0.667. The van der Waals surface area contributed by atoms with Crippen LogP contribution in [0.1, 0.15) is 19.8 Å². The van der Waals surface area contributed by atoms with Crippen molar-refractivity contribution in [3.63, 3.8) is 0 Å². The fourth-order valence-electron chi connectivity index (χ4n) is 0.968. The molecule has 5 nitrogen and oxygen atoms in total. The van der Waals surface area contributed by atoms with Crippen LogP contribution < -0.4 is 0 Å². The number of ether oxygens (including phenoxy) is 3. The lowest BCUT2D eigenvalue weighted by Gasteiger charge is -2.05. The molecule has 0 fully saturated rings. The molecule has 0 aromatic heterocycles. The molecular formula is C12H19NO4. The van der Waals surface area contributed by atoms with Gasteiger partial charge in [0.1, 0.15) is 11.6 Å². The van der Waals surface area contributed by atoms with Crippen LogP contribution in [0.5, 0.6) is 0 Å². The molecule has 0 aliphatic heterocycles. The molecule has 0 bridgehead atoms. The minimum absolute atomic E-state index is 0.178. The molecule has 0 atom stereocenters. The van der Waals surface area contributed by atoms with Crippen molar-refractivity contribution in [2.45, 2.75) is 19.8 Å². The van der Waals surface area contributed by atoms with E-state index in [4.69, 9.17) is 19.5 Å². The first kappa shape index (κ1) is 15.6. The molecule has 96 valence electrons. The van der Waals surface area contributed by atoms with E-state index in [-0.39, 0.29) is 12.2 Å². The number of hydrogen-bond acceptors (Lipinski definition) is 5. The largest absolute Gasteiger partial charge is 0.461 e. The number of rotatable bonds is 10. The van der Waals surface area contributed by atoms with Crippen LogP contribution in [0.25, 0.3) is 0 Å². The Morgan fingerprint density at radius 1 is 1.18 bits per heavy atom. The lowest BCUT2D eigenvalue weighted by Crippen LogP contribution is -2.09. The maximum absolute atomic E-state index is 11.0. The molecule has 0 spiro atoms. The number of esters is 1. The van der Waals surface area contributed by atoms with Crippen molar-refractivity contribution in [1.82, 2.24) is 0 Å². The Morgan fingerprint density at radius 2 is 1.76 bits per heavy atom. The summed E-state index contributed by atoms with van der Waals surface area (Å²) in [6, 6.07) is 1.63.